The number of nitro benzene ring substituents is 1. The summed E-state index contributed by atoms with van der Waals surface area (Å²) in [5.41, 5.74) is 1.95. The summed E-state index contributed by atoms with van der Waals surface area (Å²) in [7, 11) is 0. The van der Waals surface area contributed by atoms with Crippen LogP contribution in [-0.4, -0.2) is 36.4 Å². The lowest BCUT2D eigenvalue weighted by atomic mass is 10.1. The zero-order valence-corrected chi connectivity index (χ0v) is 13.5. The van der Waals surface area contributed by atoms with E-state index in [1.54, 1.807) is 16.7 Å². The van der Waals surface area contributed by atoms with Gasteiger partial charge in [-0.3, -0.25) is 10.1 Å². The van der Waals surface area contributed by atoms with E-state index in [1.807, 2.05) is 6.92 Å². The predicted octanol–water partition coefficient (Wildman–Crippen LogP) is 2.58. The normalized spacial score (nSPS) is 11.1. The third-order valence-electron chi connectivity index (χ3n) is 4.09. The fourth-order valence-electron chi connectivity index (χ4n) is 2.85. The third kappa shape index (κ3) is 2.87. The van der Waals surface area contributed by atoms with E-state index in [0.717, 1.165) is 0 Å². The third-order valence-corrected chi connectivity index (χ3v) is 4.09. The summed E-state index contributed by atoms with van der Waals surface area (Å²) >= 11 is 0. The Bertz CT molecular complexity index is 965. The molecule has 3 rings (SSSR count). The molecule has 8 nitrogen and oxygen atoms in total. The molecule has 130 valence electrons. The first-order chi connectivity index (χ1) is 12.0. The quantitative estimate of drug-likeness (QED) is 0.483. The van der Waals surface area contributed by atoms with Crippen LogP contribution in [0.3, 0.4) is 0 Å². The van der Waals surface area contributed by atoms with Gasteiger partial charge in [-0.2, -0.15) is 0 Å². The van der Waals surface area contributed by atoms with Gasteiger partial charge in [0.15, 0.2) is 0 Å². The van der Waals surface area contributed by atoms with E-state index in [4.69, 9.17) is 0 Å². The Labute approximate surface area is 142 Å². The maximum absolute atomic E-state index is 11.0. The highest BCUT2D eigenvalue weighted by Crippen LogP contribution is 2.36. The Kier molecular flexibility index (Phi) is 4.28. The molecule has 0 amide bonds. The van der Waals surface area contributed by atoms with Gasteiger partial charge in [0.05, 0.1) is 28.1 Å². The first-order valence-corrected chi connectivity index (χ1v) is 7.77. The zero-order chi connectivity index (χ0) is 18.1. The summed E-state index contributed by atoms with van der Waals surface area (Å²) < 4.78 is 1.69. The summed E-state index contributed by atoms with van der Waals surface area (Å²) in [6.45, 7) is 1.93. The van der Waals surface area contributed by atoms with Crippen molar-refractivity contribution in [2.24, 2.45) is 0 Å². The molecule has 0 saturated heterocycles. The van der Waals surface area contributed by atoms with Crippen LogP contribution in [0.25, 0.3) is 22.4 Å². The molecule has 8 heteroatoms. The summed E-state index contributed by atoms with van der Waals surface area (Å²) in [6.07, 6.45) is 0.560. The molecule has 1 heterocycles. The molecule has 0 radical (unpaired) electrons. The lowest BCUT2D eigenvalue weighted by molar-refractivity contribution is -0.384. The number of benzene rings is 2. The van der Waals surface area contributed by atoms with Crippen molar-refractivity contribution in [2.75, 3.05) is 6.61 Å². The van der Waals surface area contributed by atoms with Gasteiger partial charge in [0.25, 0.3) is 5.69 Å². The fourth-order valence-corrected chi connectivity index (χ4v) is 2.85. The van der Waals surface area contributed by atoms with Crippen LogP contribution in [0, 0.1) is 10.1 Å². The Morgan fingerprint density at radius 1 is 1.20 bits per heavy atom. The minimum atomic E-state index is -0.503. The Morgan fingerprint density at radius 3 is 2.60 bits per heavy atom. The van der Waals surface area contributed by atoms with Crippen LogP contribution in [0.4, 0.5) is 5.69 Å². The number of phenolic OH excluding ortho intramolecular Hbond substituents is 2. The van der Waals surface area contributed by atoms with Crippen molar-refractivity contribution in [3.63, 3.8) is 0 Å². The summed E-state index contributed by atoms with van der Waals surface area (Å²) in [4.78, 5) is 14.9. The number of aliphatic hydroxyl groups excluding tert-OH is 1. The topological polar surface area (TPSA) is 122 Å². The van der Waals surface area contributed by atoms with Crippen LogP contribution in [0.15, 0.2) is 30.3 Å². The molecule has 0 aliphatic rings. The number of imidazole rings is 1. The standard InChI is InChI=1S/C17H17N3O5/c1-2-10-7-12(16(23)9-15(10)22)17-18-13-8-11(20(24)25)3-4-14(13)19(17)5-6-21/h3-4,7-9,21-23H,2,5-6H2,1H3. The van der Waals surface area contributed by atoms with Crippen LogP contribution >= 0.6 is 0 Å². The highest BCUT2D eigenvalue weighted by atomic mass is 16.6. The number of aromatic hydroxyl groups is 2. The molecule has 0 spiro atoms. The average Bonchev–Trinajstić information content (AvgIpc) is 2.93. The van der Waals surface area contributed by atoms with Crippen molar-refractivity contribution in [1.82, 2.24) is 9.55 Å². The minimum absolute atomic E-state index is 0.00999. The van der Waals surface area contributed by atoms with E-state index in [0.29, 0.717) is 34.4 Å². The number of aryl methyl sites for hydroxylation is 1. The molecule has 25 heavy (non-hydrogen) atoms. The van der Waals surface area contributed by atoms with E-state index >= 15 is 0 Å². The SMILES string of the molecule is CCc1cc(-c2nc3cc([N+](=O)[O-])ccc3n2CCO)c(O)cc1O. The van der Waals surface area contributed by atoms with E-state index in [1.165, 1.54) is 18.2 Å². The lowest BCUT2D eigenvalue weighted by Crippen LogP contribution is -2.04. The highest BCUT2D eigenvalue weighted by Gasteiger charge is 2.19. The molecular formula is C17H17N3O5. The number of fused-ring (bicyclic) bond motifs is 1. The molecule has 3 aromatic rings. The second-order valence-electron chi connectivity index (χ2n) is 5.59. The summed E-state index contributed by atoms with van der Waals surface area (Å²) in [5, 5.41) is 40.4. The van der Waals surface area contributed by atoms with Gasteiger partial charge in [-0.25, -0.2) is 4.98 Å². The first kappa shape index (κ1) is 16.7. The molecule has 2 aromatic carbocycles. The van der Waals surface area contributed by atoms with Crippen molar-refractivity contribution in [3.8, 4) is 22.9 Å². The molecular weight excluding hydrogens is 326 g/mol. The number of nitro groups is 1. The monoisotopic (exact) mass is 343 g/mol. The molecule has 0 fully saturated rings. The van der Waals surface area contributed by atoms with Gasteiger partial charge in [-0.1, -0.05) is 6.92 Å². The van der Waals surface area contributed by atoms with Crippen LogP contribution in [0.1, 0.15) is 12.5 Å². The molecule has 0 aliphatic heterocycles. The van der Waals surface area contributed by atoms with Gasteiger partial charge in [-0.05, 0) is 24.1 Å². The average molecular weight is 343 g/mol. The number of aliphatic hydroxyl groups is 1. The summed E-state index contributed by atoms with van der Waals surface area (Å²) in [6, 6.07) is 7.17. The molecule has 0 bridgehead atoms. The zero-order valence-electron chi connectivity index (χ0n) is 13.5. The Hall–Kier alpha value is -3.13. The first-order valence-electron chi connectivity index (χ1n) is 7.77. The van der Waals surface area contributed by atoms with Gasteiger partial charge < -0.3 is 19.9 Å². The molecule has 0 aliphatic carbocycles. The van der Waals surface area contributed by atoms with Crippen LogP contribution in [-0.2, 0) is 13.0 Å². The number of phenols is 2. The van der Waals surface area contributed by atoms with Gasteiger partial charge in [0.1, 0.15) is 17.3 Å². The summed E-state index contributed by atoms with van der Waals surface area (Å²) in [5.74, 6) is 0.208. The largest absolute Gasteiger partial charge is 0.508 e. The van der Waals surface area contributed by atoms with Gasteiger partial charge in [0, 0.05) is 24.7 Å². The van der Waals surface area contributed by atoms with E-state index in [2.05, 4.69) is 4.98 Å². The molecule has 1 aromatic heterocycles. The van der Waals surface area contributed by atoms with Crippen LogP contribution < -0.4 is 0 Å². The van der Waals surface area contributed by atoms with Crippen molar-refractivity contribution in [3.05, 3.63) is 46.0 Å². The second-order valence-corrected chi connectivity index (χ2v) is 5.59. The second kappa shape index (κ2) is 6.40. The lowest BCUT2D eigenvalue weighted by Gasteiger charge is -2.11. The highest BCUT2D eigenvalue weighted by molar-refractivity contribution is 5.84. The van der Waals surface area contributed by atoms with Crippen molar-refractivity contribution in [2.45, 2.75) is 19.9 Å². The number of non-ortho nitro benzene ring substituents is 1. The Balaban J connectivity index is 2.28. The van der Waals surface area contributed by atoms with Gasteiger partial charge >= 0.3 is 0 Å². The minimum Gasteiger partial charge on any atom is -0.508 e. The maximum atomic E-state index is 11.0. The Morgan fingerprint density at radius 2 is 1.96 bits per heavy atom. The van der Waals surface area contributed by atoms with Crippen LogP contribution in [0.5, 0.6) is 11.5 Å². The number of hydrogen-bond donors (Lipinski definition) is 3. The predicted molar refractivity (Wildman–Crippen MR) is 91.6 cm³/mol. The van der Waals surface area contributed by atoms with Gasteiger partial charge in [-0.15, -0.1) is 0 Å². The van der Waals surface area contributed by atoms with E-state index in [9.17, 15) is 25.4 Å². The number of rotatable bonds is 5. The smallest absolute Gasteiger partial charge is 0.271 e. The molecule has 0 atom stereocenters. The van der Waals surface area contributed by atoms with Crippen LogP contribution in [0.2, 0.25) is 0 Å². The van der Waals surface area contributed by atoms with Gasteiger partial charge in [0.2, 0.25) is 0 Å². The van der Waals surface area contributed by atoms with E-state index in [-0.39, 0.29) is 30.3 Å². The number of hydrogen-bond acceptors (Lipinski definition) is 6. The van der Waals surface area contributed by atoms with Crippen molar-refractivity contribution >= 4 is 16.7 Å². The molecule has 0 unspecified atom stereocenters. The number of nitrogens with zero attached hydrogens (tertiary/aromatic N) is 3. The van der Waals surface area contributed by atoms with Crippen molar-refractivity contribution in [1.29, 1.82) is 0 Å². The molecule has 3 N–H and O–H groups in total. The fraction of sp³-hybridized carbons (Fsp3) is 0.235. The van der Waals surface area contributed by atoms with Crippen molar-refractivity contribution < 1.29 is 20.2 Å². The van der Waals surface area contributed by atoms with E-state index < -0.39 is 4.92 Å². The number of aromatic nitrogens is 2. The molecule has 0 saturated carbocycles. The maximum Gasteiger partial charge on any atom is 0.271 e.